The van der Waals surface area contributed by atoms with Crippen LogP contribution < -0.4 is 21.3 Å². The van der Waals surface area contributed by atoms with Crippen molar-refractivity contribution in [3.05, 3.63) is 132 Å². The number of nitrogens with one attached hydrogen (secondary N) is 4. The average molecular weight is 585 g/mol. The van der Waals surface area contributed by atoms with Gasteiger partial charge in [-0.05, 0) is 125 Å². The molecule has 5 heteroatoms. The predicted octanol–water partition coefficient (Wildman–Crippen LogP) is 10.8. The summed E-state index contributed by atoms with van der Waals surface area (Å²) >= 11 is 0. The Morgan fingerprint density at radius 3 is 1.11 bits per heavy atom. The molecular weight excluding hydrogens is 540 g/mol. The lowest BCUT2D eigenvalue weighted by Crippen LogP contribution is -2.18. The molecule has 5 aromatic rings. The van der Waals surface area contributed by atoms with Gasteiger partial charge in [0.2, 0.25) is 0 Å². The number of hydrogen-bond donors (Lipinski definition) is 5. The van der Waals surface area contributed by atoms with Crippen molar-refractivity contribution >= 4 is 39.8 Å². The van der Waals surface area contributed by atoms with Gasteiger partial charge in [-0.15, -0.1) is 0 Å². The first-order chi connectivity index (χ1) is 20.9. The fourth-order valence-electron chi connectivity index (χ4n) is 5.11. The van der Waals surface area contributed by atoms with Gasteiger partial charge in [-0.1, -0.05) is 59.7 Å². The van der Waals surface area contributed by atoms with Crippen LogP contribution in [0.15, 0.2) is 115 Å². The smallest absolute Gasteiger partial charge is 0.123 e. The minimum Gasteiger partial charge on any atom is -0.507 e. The molecule has 0 aliphatic heterocycles. The number of rotatable bonds is 9. The van der Waals surface area contributed by atoms with Crippen molar-refractivity contribution in [1.82, 2.24) is 0 Å². The first-order valence-corrected chi connectivity index (χ1v) is 15.2. The van der Waals surface area contributed by atoms with E-state index in [9.17, 15) is 5.11 Å². The molecule has 5 rings (SSSR count). The van der Waals surface area contributed by atoms with Crippen LogP contribution in [0.2, 0.25) is 0 Å². The van der Waals surface area contributed by atoms with Crippen LogP contribution in [0, 0.1) is 0 Å². The van der Waals surface area contributed by atoms with Crippen molar-refractivity contribution in [3.8, 4) is 5.75 Å². The summed E-state index contributed by atoms with van der Waals surface area (Å²) in [7, 11) is 0. The van der Waals surface area contributed by atoms with E-state index >= 15 is 0 Å². The second-order valence-electron chi connectivity index (χ2n) is 13.4. The molecule has 5 N–H and O–H groups in total. The summed E-state index contributed by atoms with van der Waals surface area (Å²) < 4.78 is 0. The Labute approximate surface area is 262 Å². The van der Waals surface area contributed by atoms with Crippen LogP contribution in [-0.4, -0.2) is 5.11 Å². The third kappa shape index (κ3) is 7.93. The van der Waals surface area contributed by atoms with E-state index in [0.717, 1.165) is 56.5 Å². The lowest BCUT2D eigenvalue weighted by Gasteiger charge is -2.28. The number of hydrogen-bond acceptors (Lipinski definition) is 5. The van der Waals surface area contributed by atoms with E-state index < -0.39 is 0 Å². The number of phenolic OH excluding ortho intramolecular Hbond substituents is 1. The predicted molar refractivity (Wildman–Crippen MR) is 188 cm³/mol. The van der Waals surface area contributed by atoms with Crippen molar-refractivity contribution in [1.29, 1.82) is 0 Å². The fourth-order valence-corrected chi connectivity index (χ4v) is 5.11. The van der Waals surface area contributed by atoms with Crippen LogP contribution >= 0.6 is 0 Å². The molecule has 5 nitrogen and oxygen atoms in total. The Morgan fingerprint density at radius 2 is 0.773 bits per heavy atom. The molecule has 226 valence electrons. The van der Waals surface area contributed by atoms with Gasteiger partial charge < -0.3 is 26.4 Å². The third-order valence-electron chi connectivity index (χ3n) is 7.58. The van der Waals surface area contributed by atoms with Gasteiger partial charge in [-0.25, -0.2) is 0 Å². The van der Waals surface area contributed by atoms with Gasteiger partial charge in [-0.3, -0.25) is 0 Å². The first-order valence-electron chi connectivity index (χ1n) is 15.2. The summed E-state index contributed by atoms with van der Waals surface area (Å²) in [6.07, 6.45) is 0. The van der Waals surface area contributed by atoms with Crippen molar-refractivity contribution in [3.63, 3.8) is 0 Å². The molecular formula is C39H44N4O. The summed E-state index contributed by atoms with van der Waals surface area (Å²) in [5.74, 6) is 0.415. The van der Waals surface area contributed by atoms with Crippen LogP contribution in [0.4, 0.5) is 39.8 Å². The zero-order valence-electron chi connectivity index (χ0n) is 26.6. The highest BCUT2D eigenvalue weighted by molar-refractivity contribution is 5.69. The summed E-state index contributed by atoms with van der Waals surface area (Å²) in [6, 6.07) is 39.3. The van der Waals surface area contributed by atoms with Gasteiger partial charge in [0, 0.05) is 46.4 Å². The minimum atomic E-state index is -0.145. The number of benzene rings is 5. The molecule has 0 heterocycles. The van der Waals surface area contributed by atoms with Crippen LogP contribution in [-0.2, 0) is 17.4 Å². The van der Waals surface area contributed by atoms with Gasteiger partial charge in [0.15, 0.2) is 0 Å². The molecule has 0 spiro atoms. The van der Waals surface area contributed by atoms with Crippen LogP contribution in [0.3, 0.4) is 0 Å². The van der Waals surface area contributed by atoms with Gasteiger partial charge in [0.1, 0.15) is 5.75 Å². The van der Waals surface area contributed by atoms with Crippen LogP contribution in [0.25, 0.3) is 0 Å². The number of phenols is 1. The number of anilines is 7. The van der Waals surface area contributed by atoms with Gasteiger partial charge in [-0.2, -0.15) is 0 Å². The fraction of sp³-hybridized carbons (Fsp3) is 0.231. The minimum absolute atomic E-state index is 0.145. The van der Waals surface area contributed by atoms with Crippen LogP contribution in [0.1, 0.15) is 58.2 Å². The van der Waals surface area contributed by atoms with Crippen molar-refractivity contribution in [2.75, 3.05) is 21.3 Å². The monoisotopic (exact) mass is 584 g/mol. The van der Waals surface area contributed by atoms with Gasteiger partial charge in [0.25, 0.3) is 0 Å². The van der Waals surface area contributed by atoms with Gasteiger partial charge >= 0.3 is 0 Å². The molecule has 0 aromatic heterocycles. The second-order valence-corrected chi connectivity index (χ2v) is 13.4. The molecule has 5 aromatic carbocycles. The quantitative estimate of drug-likeness (QED) is 0.119. The molecule has 0 saturated heterocycles. The van der Waals surface area contributed by atoms with E-state index in [1.54, 1.807) is 0 Å². The summed E-state index contributed by atoms with van der Waals surface area (Å²) in [4.78, 5) is 0. The van der Waals surface area contributed by atoms with E-state index in [0.29, 0.717) is 12.3 Å². The molecule has 0 amide bonds. The van der Waals surface area contributed by atoms with E-state index in [-0.39, 0.29) is 10.8 Å². The molecule has 0 bridgehead atoms. The summed E-state index contributed by atoms with van der Waals surface area (Å²) in [5, 5.41) is 24.9. The molecule has 0 aliphatic carbocycles. The van der Waals surface area contributed by atoms with Gasteiger partial charge in [0.05, 0.1) is 0 Å². The Kier molecular flexibility index (Phi) is 8.86. The molecule has 0 aliphatic rings. The standard InChI is InChI=1S/C39H44N4O/c1-38(2,3)35-24-27(25-36(37(35)44)39(4,5)6)26-40-28-12-14-30(15-13-28)42-32-20-22-34(23-21-32)43-33-18-16-31(17-19-33)41-29-10-8-7-9-11-29/h7-25,40-44H,26H2,1-6H3. The van der Waals surface area contributed by atoms with E-state index in [4.69, 9.17) is 0 Å². The van der Waals surface area contributed by atoms with Crippen LogP contribution in [0.5, 0.6) is 5.75 Å². The maximum Gasteiger partial charge on any atom is 0.123 e. The summed E-state index contributed by atoms with van der Waals surface area (Å²) in [5.41, 5.74) is 10.1. The van der Waals surface area contributed by atoms with E-state index in [2.05, 4.69) is 160 Å². The lowest BCUT2D eigenvalue weighted by molar-refractivity contribution is 0.423. The number of aromatic hydroxyl groups is 1. The number of para-hydroxylation sites is 1. The Bertz CT molecular complexity index is 1630. The summed E-state index contributed by atoms with van der Waals surface area (Å²) in [6.45, 7) is 13.5. The average Bonchev–Trinajstić information content (AvgIpc) is 2.99. The molecule has 0 fully saturated rings. The highest BCUT2D eigenvalue weighted by Gasteiger charge is 2.26. The zero-order valence-corrected chi connectivity index (χ0v) is 26.6. The maximum atomic E-state index is 11.0. The Balaban J connectivity index is 1.16. The topological polar surface area (TPSA) is 68.3 Å². The maximum absolute atomic E-state index is 11.0. The highest BCUT2D eigenvalue weighted by Crippen LogP contribution is 2.40. The molecule has 0 saturated carbocycles. The molecule has 0 atom stereocenters. The SMILES string of the molecule is CC(C)(C)c1cc(CNc2ccc(Nc3ccc(Nc4ccc(Nc5ccccc5)cc4)cc3)cc2)cc(C(C)(C)C)c1O. The van der Waals surface area contributed by atoms with E-state index in [1.165, 1.54) is 0 Å². The Morgan fingerprint density at radius 1 is 0.455 bits per heavy atom. The van der Waals surface area contributed by atoms with E-state index in [1.807, 2.05) is 18.2 Å². The highest BCUT2D eigenvalue weighted by atomic mass is 16.3. The largest absolute Gasteiger partial charge is 0.507 e. The Hall–Kier alpha value is -4.90. The third-order valence-corrected chi connectivity index (χ3v) is 7.58. The van der Waals surface area contributed by atoms with Crippen molar-refractivity contribution in [2.24, 2.45) is 0 Å². The van der Waals surface area contributed by atoms with Crippen molar-refractivity contribution < 1.29 is 5.11 Å². The second kappa shape index (κ2) is 12.8. The van der Waals surface area contributed by atoms with Crippen molar-refractivity contribution in [2.45, 2.75) is 58.9 Å². The zero-order chi connectivity index (χ0) is 31.3. The first kappa shape index (κ1) is 30.6. The molecule has 44 heavy (non-hydrogen) atoms. The molecule has 0 unspecified atom stereocenters. The lowest BCUT2D eigenvalue weighted by atomic mass is 9.78. The normalized spacial score (nSPS) is 11.6. The molecule has 0 radical (unpaired) electrons.